The van der Waals surface area contributed by atoms with Crippen molar-refractivity contribution in [3.63, 3.8) is 0 Å². The van der Waals surface area contributed by atoms with Crippen molar-refractivity contribution < 1.29 is 23.9 Å². The normalized spacial score (nSPS) is 13.6. The van der Waals surface area contributed by atoms with Crippen LogP contribution in [0.2, 0.25) is 0 Å². The summed E-state index contributed by atoms with van der Waals surface area (Å²) >= 11 is 0. The first-order valence-electron chi connectivity index (χ1n) is 12.5. The molecule has 4 N–H and O–H groups in total. The molecule has 1 aromatic carbocycles. The van der Waals surface area contributed by atoms with Gasteiger partial charge >= 0.3 is 6.09 Å². The predicted molar refractivity (Wildman–Crippen MR) is 140 cm³/mol. The highest BCUT2D eigenvalue weighted by Crippen LogP contribution is 2.11. The molecule has 0 saturated carbocycles. The second kappa shape index (κ2) is 14.8. The van der Waals surface area contributed by atoms with E-state index < -0.39 is 47.5 Å². The summed E-state index contributed by atoms with van der Waals surface area (Å²) in [6.45, 7) is 12.3. The van der Waals surface area contributed by atoms with Gasteiger partial charge in [0.05, 0.1) is 6.07 Å². The number of ether oxygens (including phenoxy) is 1. The zero-order valence-electron chi connectivity index (χ0n) is 22.9. The van der Waals surface area contributed by atoms with Crippen LogP contribution in [0.1, 0.15) is 60.5 Å². The van der Waals surface area contributed by atoms with E-state index in [1.54, 1.807) is 34.6 Å². The van der Waals surface area contributed by atoms with E-state index in [0.29, 0.717) is 6.42 Å². The molecular formula is C27H41N5O5. The molecule has 1 rings (SSSR count). The average Bonchev–Trinajstić information content (AvgIpc) is 2.79. The van der Waals surface area contributed by atoms with E-state index in [9.17, 15) is 19.2 Å². The molecule has 0 fully saturated rings. The van der Waals surface area contributed by atoms with Crippen molar-refractivity contribution >= 4 is 23.8 Å². The lowest BCUT2D eigenvalue weighted by atomic mass is 9.99. The Kier molecular flexibility index (Phi) is 12.6. The molecule has 0 aromatic heterocycles. The van der Waals surface area contributed by atoms with Crippen molar-refractivity contribution in [3.05, 3.63) is 35.9 Å². The lowest BCUT2D eigenvalue weighted by Gasteiger charge is -2.28. The number of nitrogens with one attached hydrogen (secondary N) is 4. The first-order valence-corrected chi connectivity index (χ1v) is 12.5. The Morgan fingerprint density at radius 3 is 2.00 bits per heavy atom. The predicted octanol–water partition coefficient (Wildman–Crippen LogP) is 2.43. The maximum atomic E-state index is 13.3. The van der Waals surface area contributed by atoms with Gasteiger partial charge in [0.2, 0.25) is 17.7 Å². The zero-order valence-corrected chi connectivity index (χ0v) is 22.9. The maximum Gasteiger partial charge on any atom is 0.408 e. The maximum absolute atomic E-state index is 13.3. The summed E-state index contributed by atoms with van der Waals surface area (Å²) in [5.74, 6) is -1.80. The molecule has 4 amide bonds. The third-order valence-electron chi connectivity index (χ3n) is 5.22. The van der Waals surface area contributed by atoms with E-state index in [0.717, 1.165) is 5.56 Å². The first kappa shape index (κ1) is 31.4. The number of hydrogen-bond acceptors (Lipinski definition) is 6. The fourth-order valence-electron chi connectivity index (χ4n) is 3.52. The van der Waals surface area contributed by atoms with Gasteiger partial charge in [-0.1, -0.05) is 58.0 Å². The molecule has 0 aliphatic rings. The van der Waals surface area contributed by atoms with Crippen LogP contribution in [0.3, 0.4) is 0 Å². The van der Waals surface area contributed by atoms with Crippen molar-refractivity contribution in [2.75, 3.05) is 6.54 Å². The Hall–Kier alpha value is -3.61. The lowest BCUT2D eigenvalue weighted by Crippen LogP contribution is -2.58. The molecule has 0 saturated heterocycles. The van der Waals surface area contributed by atoms with Crippen LogP contribution in [0, 0.1) is 23.2 Å². The van der Waals surface area contributed by atoms with Gasteiger partial charge in [-0.05, 0) is 44.6 Å². The highest BCUT2D eigenvalue weighted by atomic mass is 16.6. The Morgan fingerprint density at radius 2 is 1.49 bits per heavy atom. The van der Waals surface area contributed by atoms with Crippen molar-refractivity contribution in [2.45, 2.75) is 85.0 Å². The van der Waals surface area contributed by atoms with Gasteiger partial charge in [0.25, 0.3) is 0 Å². The van der Waals surface area contributed by atoms with Crippen LogP contribution in [-0.2, 0) is 25.5 Å². The number of carbonyl (C=O) groups excluding carboxylic acids is 4. The molecule has 0 heterocycles. The number of rotatable bonds is 12. The third-order valence-corrected chi connectivity index (χ3v) is 5.22. The highest BCUT2D eigenvalue weighted by molar-refractivity contribution is 5.94. The Balaban J connectivity index is 3.06. The average molecular weight is 516 g/mol. The summed E-state index contributed by atoms with van der Waals surface area (Å²) < 4.78 is 5.28. The quantitative estimate of drug-likeness (QED) is 0.314. The van der Waals surface area contributed by atoms with E-state index in [1.807, 2.05) is 50.2 Å². The van der Waals surface area contributed by atoms with E-state index >= 15 is 0 Å². The van der Waals surface area contributed by atoms with Crippen LogP contribution in [0.15, 0.2) is 30.3 Å². The smallest absolute Gasteiger partial charge is 0.408 e. The van der Waals surface area contributed by atoms with Gasteiger partial charge in [-0.15, -0.1) is 0 Å². The molecule has 37 heavy (non-hydrogen) atoms. The van der Waals surface area contributed by atoms with Crippen molar-refractivity contribution in [1.29, 1.82) is 5.26 Å². The molecule has 1 aromatic rings. The molecule has 0 aliphatic carbocycles. The summed E-state index contributed by atoms with van der Waals surface area (Å²) in [4.78, 5) is 51.5. The lowest BCUT2D eigenvalue weighted by molar-refractivity contribution is -0.133. The Morgan fingerprint density at radius 1 is 0.892 bits per heavy atom. The van der Waals surface area contributed by atoms with Crippen LogP contribution in [-0.4, -0.2) is 54.1 Å². The fourth-order valence-corrected chi connectivity index (χ4v) is 3.52. The molecule has 10 heteroatoms. The van der Waals surface area contributed by atoms with Crippen molar-refractivity contribution in [1.82, 2.24) is 21.3 Å². The fraction of sp³-hybridized carbons (Fsp3) is 0.593. The number of carbonyl (C=O) groups is 4. The number of alkyl carbamates (subject to hydrolysis) is 1. The summed E-state index contributed by atoms with van der Waals surface area (Å²) in [7, 11) is 0. The number of amides is 4. The number of nitrogens with zero attached hydrogens (tertiary/aromatic N) is 1. The van der Waals surface area contributed by atoms with Gasteiger partial charge in [0.15, 0.2) is 0 Å². The van der Waals surface area contributed by atoms with Crippen LogP contribution in [0.25, 0.3) is 0 Å². The molecule has 0 spiro atoms. The Labute approximate surface area is 219 Å². The van der Waals surface area contributed by atoms with E-state index in [2.05, 4.69) is 21.3 Å². The monoisotopic (exact) mass is 515 g/mol. The number of nitriles is 1. The van der Waals surface area contributed by atoms with Crippen molar-refractivity contribution in [3.8, 4) is 6.07 Å². The largest absolute Gasteiger partial charge is 0.444 e. The van der Waals surface area contributed by atoms with Crippen LogP contribution >= 0.6 is 0 Å². The van der Waals surface area contributed by atoms with Crippen LogP contribution in [0.5, 0.6) is 0 Å². The minimum Gasteiger partial charge on any atom is -0.444 e. The molecule has 0 aliphatic heterocycles. The third kappa shape index (κ3) is 12.3. The molecule has 10 nitrogen and oxygen atoms in total. The molecule has 204 valence electrons. The van der Waals surface area contributed by atoms with Gasteiger partial charge < -0.3 is 26.0 Å². The first-order chi connectivity index (χ1) is 17.2. The van der Waals surface area contributed by atoms with Gasteiger partial charge in [-0.2, -0.15) is 5.26 Å². The second-order valence-electron chi connectivity index (χ2n) is 10.7. The van der Waals surface area contributed by atoms with Crippen LogP contribution < -0.4 is 21.3 Å². The standard InChI is InChI=1S/C27H41N5O5/c1-17(2)15-20(31-25(35)22(18(3)4)32-26(36)37-27(5,6)7)24(34)30-21(23(33)29-14-13-28)16-19-11-9-8-10-12-19/h8-12,17-18,20-22H,14-16H2,1-7H3,(H,29,33)(H,30,34)(H,31,35)(H,32,36)/t20-,21-,22-/m0/s1. The van der Waals surface area contributed by atoms with E-state index in [1.165, 1.54) is 0 Å². The summed E-state index contributed by atoms with van der Waals surface area (Å²) in [6.07, 6.45) is -0.212. The SMILES string of the molecule is CC(C)C[C@H](NC(=O)[C@@H](NC(=O)OC(C)(C)C)C(C)C)C(=O)N[C@@H](Cc1ccccc1)C(=O)NCC#N. The summed E-state index contributed by atoms with van der Waals surface area (Å²) in [5.41, 5.74) is 0.0907. The molecular weight excluding hydrogens is 474 g/mol. The minimum absolute atomic E-state index is 0.0485. The topological polar surface area (TPSA) is 149 Å². The van der Waals surface area contributed by atoms with Crippen LogP contribution in [0.4, 0.5) is 4.79 Å². The van der Waals surface area contributed by atoms with Gasteiger partial charge in [0, 0.05) is 6.42 Å². The molecule has 3 atom stereocenters. The molecule has 0 bridgehead atoms. The second-order valence-corrected chi connectivity index (χ2v) is 10.7. The molecule has 0 radical (unpaired) electrons. The van der Waals surface area contributed by atoms with Gasteiger partial charge in [-0.3, -0.25) is 14.4 Å². The van der Waals surface area contributed by atoms with Gasteiger partial charge in [0.1, 0.15) is 30.3 Å². The number of hydrogen-bond donors (Lipinski definition) is 4. The summed E-state index contributed by atoms with van der Waals surface area (Å²) in [5, 5.41) is 19.4. The van der Waals surface area contributed by atoms with Crippen molar-refractivity contribution in [2.24, 2.45) is 11.8 Å². The number of benzene rings is 1. The van der Waals surface area contributed by atoms with E-state index in [-0.39, 0.29) is 24.8 Å². The zero-order chi connectivity index (χ0) is 28.2. The minimum atomic E-state index is -0.949. The van der Waals surface area contributed by atoms with Gasteiger partial charge in [-0.25, -0.2) is 4.79 Å². The molecule has 0 unspecified atom stereocenters. The van der Waals surface area contributed by atoms with E-state index in [4.69, 9.17) is 10.00 Å². The summed E-state index contributed by atoms with van der Waals surface area (Å²) in [6, 6.07) is 8.18. The highest BCUT2D eigenvalue weighted by Gasteiger charge is 2.32. The Bertz CT molecular complexity index is 950.